The summed E-state index contributed by atoms with van der Waals surface area (Å²) in [4.78, 5) is 0. The van der Waals surface area contributed by atoms with Crippen LogP contribution in [0.5, 0.6) is 0 Å². The molecule has 3 N–H and O–H groups in total. The van der Waals surface area contributed by atoms with Crippen LogP contribution >= 0.6 is 0 Å². The van der Waals surface area contributed by atoms with Crippen molar-refractivity contribution in [2.24, 2.45) is 5.73 Å². The van der Waals surface area contributed by atoms with Crippen molar-refractivity contribution in [1.82, 2.24) is 5.32 Å². The Balaban J connectivity index is 1.85. The lowest BCUT2D eigenvalue weighted by Gasteiger charge is -2.16. The predicted molar refractivity (Wildman–Crippen MR) is 76.4 cm³/mol. The summed E-state index contributed by atoms with van der Waals surface area (Å²) >= 11 is 0. The molecule has 2 nitrogen and oxygen atoms in total. The summed E-state index contributed by atoms with van der Waals surface area (Å²) in [5, 5.41) is 3.47. The average molecular weight is 240 g/mol. The molecule has 0 aliphatic rings. The van der Waals surface area contributed by atoms with Crippen LogP contribution in [-0.2, 0) is 6.54 Å². The smallest absolute Gasteiger partial charge is 0.0205 e. The van der Waals surface area contributed by atoms with Crippen LogP contribution in [-0.4, -0.2) is 13.1 Å². The Morgan fingerprint density at radius 3 is 2.11 bits per heavy atom. The number of rotatable bonds is 6. The molecule has 94 valence electrons. The molecule has 0 spiro atoms. The van der Waals surface area contributed by atoms with Crippen LogP contribution in [0.3, 0.4) is 0 Å². The van der Waals surface area contributed by atoms with Gasteiger partial charge in [0, 0.05) is 25.6 Å². The van der Waals surface area contributed by atoms with Crippen LogP contribution in [0.1, 0.15) is 17.0 Å². The summed E-state index contributed by atoms with van der Waals surface area (Å²) in [6.07, 6.45) is 0. The zero-order chi connectivity index (χ0) is 12.6. The first kappa shape index (κ1) is 12.8. The highest BCUT2D eigenvalue weighted by molar-refractivity contribution is 5.20. The summed E-state index contributed by atoms with van der Waals surface area (Å²) in [7, 11) is 0. The number of hydrogen-bond donors (Lipinski definition) is 2. The summed E-state index contributed by atoms with van der Waals surface area (Å²) in [6.45, 7) is 2.48. The third-order valence-electron chi connectivity index (χ3n) is 3.12. The van der Waals surface area contributed by atoms with Crippen LogP contribution in [0.2, 0.25) is 0 Å². The third kappa shape index (κ3) is 3.69. The van der Waals surface area contributed by atoms with Crippen LogP contribution in [0.4, 0.5) is 0 Å². The molecule has 18 heavy (non-hydrogen) atoms. The molecule has 0 amide bonds. The first-order valence-electron chi connectivity index (χ1n) is 6.40. The van der Waals surface area contributed by atoms with Crippen LogP contribution in [0.15, 0.2) is 60.7 Å². The third-order valence-corrected chi connectivity index (χ3v) is 3.12. The Morgan fingerprint density at radius 1 is 0.889 bits per heavy atom. The average Bonchev–Trinajstić information content (AvgIpc) is 2.46. The summed E-state index contributed by atoms with van der Waals surface area (Å²) < 4.78 is 0. The van der Waals surface area contributed by atoms with Crippen molar-refractivity contribution in [1.29, 1.82) is 0 Å². The van der Waals surface area contributed by atoms with Crippen molar-refractivity contribution >= 4 is 0 Å². The van der Waals surface area contributed by atoms with Gasteiger partial charge in [-0.1, -0.05) is 60.7 Å². The Bertz CT molecular complexity index is 439. The van der Waals surface area contributed by atoms with E-state index in [4.69, 9.17) is 5.73 Å². The van der Waals surface area contributed by atoms with E-state index in [1.807, 2.05) is 12.1 Å². The minimum absolute atomic E-state index is 0.384. The molecule has 2 aromatic carbocycles. The molecule has 0 saturated heterocycles. The Kier molecular flexibility index (Phi) is 4.94. The number of benzene rings is 2. The topological polar surface area (TPSA) is 38.0 Å². The van der Waals surface area contributed by atoms with Gasteiger partial charge >= 0.3 is 0 Å². The molecule has 2 heteroatoms. The molecular weight excluding hydrogens is 220 g/mol. The highest BCUT2D eigenvalue weighted by Gasteiger charge is 2.08. The predicted octanol–water partition coefficient (Wildman–Crippen LogP) is 2.52. The second-order valence-corrected chi connectivity index (χ2v) is 4.46. The number of hydrogen-bond acceptors (Lipinski definition) is 2. The molecule has 1 atom stereocenters. The monoisotopic (exact) mass is 240 g/mol. The van der Waals surface area contributed by atoms with Gasteiger partial charge in [0.15, 0.2) is 0 Å². The van der Waals surface area contributed by atoms with E-state index in [1.54, 1.807) is 0 Å². The van der Waals surface area contributed by atoms with E-state index in [-0.39, 0.29) is 0 Å². The second-order valence-electron chi connectivity index (χ2n) is 4.46. The lowest BCUT2D eigenvalue weighted by Crippen LogP contribution is -2.26. The summed E-state index contributed by atoms with van der Waals surface area (Å²) in [5.41, 5.74) is 8.46. The molecule has 2 aromatic rings. The van der Waals surface area contributed by atoms with E-state index in [1.165, 1.54) is 11.1 Å². The van der Waals surface area contributed by atoms with Gasteiger partial charge in [0.1, 0.15) is 0 Å². The molecule has 0 aliphatic heterocycles. The zero-order valence-corrected chi connectivity index (χ0v) is 10.5. The molecule has 0 aliphatic carbocycles. The largest absolute Gasteiger partial charge is 0.330 e. The maximum Gasteiger partial charge on any atom is 0.0205 e. The van der Waals surface area contributed by atoms with Gasteiger partial charge < -0.3 is 11.1 Å². The van der Waals surface area contributed by atoms with Gasteiger partial charge in [-0.2, -0.15) is 0 Å². The SMILES string of the molecule is NCC(CNCc1ccccc1)c1ccccc1. The fourth-order valence-corrected chi connectivity index (χ4v) is 2.05. The molecule has 0 fully saturated rings. The van der Waals surface area contributed by atoms with E-state index in [0.29, 0.717) is 12.5 Å². The van der Waals surface area contributed by atoms with Crippen molar-refractivity contribution in [2.75, 3.05) is 13.1 Å². The first-order valence-corrected chi connectivity index (χ1v) is 6.40. The van der Waals surface area contributed by atoms with E-state index in [2.05, 4.69) is 53.8 Å². The van der Waals surface area contributed by atoms with Crippen LogP contribution in [0, 0.1) is 0 Å². The molecule has 0 bridgehead atoms. The number of nitrogens with one attached hydrogen (secondary N) is 1. The molecule has 1 unspecified atom stereocenters. The molecule has 0 saturated carbocycles. The molecule has 0 aromatic heterocycles. The fourth-order valence-electron chi connectivity index (χ4n) is 2.05. The van der Waals surface area contributed by atoms with Crippen molar-refractivity contribution in [3.05, 3.63) is 71.8 Å². The summed E-state index contributed by atoms with van der Waals surface area (Å²) in [6, 6.07) is 20.9. The Morgan fingerprint density at radius 2 is 1.50 bits per heavy atom. The van der Waals surface area contributed by atoms with E-state index in [0.717, 1.165) is 13.1 Å². The molecule has 0 radical (unpaired) electrons. The van der Waals surface area contributed by atoms with Gasteiger partial charge in [-0.3, -0.25) is 0 Å². The van der Waals surface area contributed by atoms with Crippen LogP contribution < -0.4 is 11.1 Å². The zero-order valence-electron chi connectivity index (χ0n) is 10.5. The Hall–Kier alpha value is -1.64. The second kappa shape index (κ2) is 6.94. The van der Waals surface area contributed by atoms with Crippen molar-refractivity contribution in [3.8, 4) is 0 Å². The molecule has 2 rings (SSSR count). The normalized spacial score (nSPS) is 12.3. The van der Waals surface area contributed by atoms with E-state index >= 15 is 0 Å². The highest BCUT2D eigenvalue weighted by atomic mass is 14.9. The van der Waals surface area contributed by atoms with Gasteiger partial charge in [-0.25, -0.2) is 0 Å². The maximum absolute atomic E-state index is 5.84. The van der Waals surface area contributed by atoms with Gasteiger partial charge in [0.05, 0.1) is 0 Å². The maximum atomic E-state index is 5.84. The van der Waals surface area contributed by atoms with Gasteiger partial charge in [0.2, 0.25) is 0 Å². The van der Waals surface area contributed by atoms with Crippen molar-refractivity contribution in [3.63, 3.8) is 0 Å². The minimum Gasteiger partial charge on any atom is -0.330 e. The van der Waals surface area contributed by atoms with E-state index < -0.39 is 0 Å². The van der Waals surface area contributed by atoms with Crippen molar-refractivity contribution in [2.45, 2.75) is 12.5 Å². The lowest BCUT2D eigenvalue weighted by molar-refractivity contribution is 0.588. The molecular formula is C16H20N2. The lowest BCUT2D eigenvalue weighted by atomic mass is 9.99. The van der Waals surface area contributed by atoms with Crippen LogP contribution in [0.25, 0.3) is 0 Å². The standard InChI is InChI=1S/C16H20N2/c17-11-16(15-9-5-2-6-10-15)13-18-12-14-7-3-1-4-8-14/h1-10,16,18H,11-13,17H2. The van der Waals surface area contributed by atoms with Gasteiger partial charge in [-0.15, -0.1) is 0 Å². The first-order chi connectivity index (χ1) is 8.90. The quantitative estimate of drug-likeness (QED) is 0.814. The highest BCUT2D eigenvalue weighted by Crippen LogP contribution is 2.13. The Labute approximate surface area is 109 Å². The van der Waals surface area contributed by atoms with Gasteiger partial charge in [0.25, 0.3) is 0 Å². The van der Waals surface area contributed by atoms with Gasteiger partial charge in [-0.05, 0) is 11.1 Å². The minimum atomic E-state index is 0.384. The molecule has 0 heterocycles. The summed E-state index contributed by atoms with van der Waals surface area (Å²) in [5.74, 6) is 0.384. The van der Waals surface area contributed by atoms with E-state index in [9.17, 15) is 0 Å². The van der Waals surface area contributed by atoms with Crippen molar-refractivity contribution < 1.29 is 0 Å². The number of nitrogens with two attached hydrogens (primary N) is 1. The fraction of sp³-hybridized carbons (Fsp3) is 0.250.